The number of nitrogens with zero attached hydrogens (tertiary/aromatic N) is 1. The van der Waals surface area contributed by atoms with E-state index in [-0.39, 0.29) is 24.8 Å². The van der Waals surface area contributed by atoms with E-state index in [1.807, 2.05) is 11.8 Å². The lowest BCUT2D eigenvalue weighted by Gasteiger charge is -2.34. The molecular formula is C14H22Cl2F2N2O. The molecule has 0 radical (unpaired) electrons. The molecule has 1 heterocycles. The van der Waals surface area contributed by atoms with E-state index in [4.69, 9.17) is 4.74 Å². The number of alkyl halides is 2. The molecular weight excluding hydrogens is 321 g/mol. The first kappa shape index (κ1) is 20.4. The molecule has 7 heteroatoms. The summed E-state index contributed by atoms with van der Waals surface area (Å²) in [4.78, 5) is 1.85. The van der Waals surface area contributed by atoms with E-state index in [1.54, 1.807) is 25.3 Å². The van der Waals surface area contributed by atoms with Crippen LogP contribution in [-0.4, -0.2) is 44.6 Å². The van der Waals surface area contributed by atoms with E-state index in [0.29, 0.717) is 18.7 Å². The summed E-state index contributed by atoms with van der Waals surface area (Å²) in [7, 11) is 1.59. The number of rotatable bonds is 4. The summed E-state index contributed by atoms with van der Waals surface area (Å²) in [6.45, 7) is 4.71. The van der Waals surface area contributed by atoms with Crippen molar-refractivity contribution in [2.24, 2.45) is 0 Å². The number of aryl methyl sites for hydroxylation is 1. The summed E-state index contributed by atoms with van der Waals surface area (Å²) in [5.74, 6) is 0.733. The molecule has 1 aromatic rings. The molecule has 1 aliphatic rings. The van der Waals surface area contributed by atoms with Crippen molar-refractivity contribution in [3.05, 3.63) is 29.3 Å². The monoisotopic (exact) mass is 342 g/mol. The first-order valence-electron chi connectivity index (χ1n) is 6.51. The lowest BCUT2D eigenvalue weighted by Crippen LogP contribution is -2.46. The number of nitrogens with one attached hydrogen (secondary N) is 1. The molecule has 3 nitrogen and oxygen atoms in total. The van der Waals surface area contributed by atoms with E-state index in [1.165, 1.54) is 0 Å². The van der Waals surface area contributed by atoms with Gasteiger partial charge in [-0.3, -0.25) is 4.90 Å². The lowest BCUT2D eigenvalue weighted by molar-refractivity contribution is 0.0181. The summed E-state index contributed by atoms with van der Waals surface area (Å²) in [5, 5.41) is 3.18. The third-order valence-corrected chi connectivity index (χ3v) is 3.54. The number of hydrogen-bond donors (Lipinski definition) is 1. The van der Waals surface area contributed by atoms with Crippen molar-refractivity contribution in [3.8, 4) is 5.75 Å². The maximum Gasteiger partial charge on any atom is 0.258 e. The fraction of sp³-hybridized carbons (Fsp3) is 0.571. The second-order valence-electron chi connectivity index (χ2n) is 4.79. The van der Waals surface area contributed by atoms with E-state index in [9.17, 15) is 8.78 Å². The van der Waals surface area contributed by atoms with Crippen molar-refractivity contribution >= 4 is 24.8 Å². The molecule has 0 aromatic heterocycles. The third kappa shape index (κ3) is 4.95. The predicted octanol–water partition coefficient (Wildman–Crippen LogP) is 3.06. The van der Waals surface area contributed by atoms with Crippen LogP contribution >= 0.6 is 24.8 Å². The van der Waals surface area contributed by atoms with Crippen LogP contribution in [0, 0.1) is 6.92 Å². The highest BCUT2D eigenvalue weighted by Crippen LogP contribution is 2.30. The Labute approximate surface area is 136 Å². The average Bonchev–Trinajstić information content (AvgIpc) is 2.40. The molecule has 1 fully saturated rings. The van der Waals surface area contributed by atoms with Gasteiger partial charge in [-0.1, -0.05) is 12.1 Å². The van der Waals surface area contributed by atoms with E-state index in [0.717, 1.165) is 24.4 Å². The van der Waals surface area contributed by atoms with Gasteiger partial charge in [0.05, 0.1) is 13.2 Å². The average molecular weight is 343 g/mol. The number of piperazine rings is 1. The minimum absolute atomic E-state index is 0. The Balaban J connectivity index is 0.00000200. The van der Waals surface area contributed by atoms with Gasteiger partial charge in [-0.05, 0) is 24.1 Å². The smallest absolute Gasteiger partial charge is 0.258 e. The predicted molar refractivity (Wildman–Crippen MR) is 85.4 cm³/mol. The summed E-state index contributed by atoms with van der Waals surface area (Å²) < 4.78 is 32.0. The molecule has 0 aliphatic carbocycles. The highest BCUT2D eigenvalue weighted by atomic mass is 35.5. The van der Waals surface area contributed by atoms with Gasteiger partial charge in [0.25, 0.3) is 6.43 Å². The van der Waals surface area contributed by atoms with Gasteiger partial charge < -0.3 is 10.1 Å². The molecule has 0 amide bonds. The maximum atomic E-state index is 13.4. The van der Waals surface area contributed by atoms with Crippen LogP contribution < -0.4 is 10.1 Å². The topological polar surface area (TPSA) is 24.5 Å². The second-order valence-corrected chi connectivity index (χ2v) is 4.79. The van der Waals surface area contributed by atoms with Gasteiger partial charge in [0.2, 0.25) is 0 Å². The van der Waals surface area contributed by atoms with Gasteiger partial charge in [0, 0.05) is 26.2 Å². The van der Waals surface area contributed by atoms with Crippen molar-refractivity contribution in [1.29, 1.82) is 0 Å². The van der Waals surface area contributed by atoms with Gasteiger partial charge in [-0.15, -0.1) is 24.8 Å². The summed E-state index contributed by atoms with van der Waals surface area (Å²) in [5.41, 5.74) is 1.55. The van der Waals surface area contributed by atoms with Crippen LogP contribution in [0.5, 0.6) is 5.75 Å². The van der Waals surface area contributed by atoms with Crippen molar-refractivity contribution in [2.75, 3.05) is 33.3 Å². The summed E-state index contributed by atoms with van der Waals surface area (Å²) in [6.07, 6.45) is -2.38. The molecule has 0 unspecified atom stereocenters. The van der Waals surface area contributed by atoms with Crippen molar-refractivity contribution < 1.29 is 13.5 Å². The maximum absolute atomic E-state index is 13.4. The van der Waals surface area contributed by atoms with Crippen LogP contribution in [0.2, 0.25) is 0 Å². The van der Waals surface area contributed by atoms with Gasteiger partial charge in [0.15, 0.2) is 0 Å². The third-order valence-electron chi connectivity index (χ3n) is 3.54. The number of methoxy groups -OCH3 is 1. The standard InChI is InChI=1S/C14H20F2N2O.2ClH/c1-10-9-11(3-4-12(10)19-2)13(14(15)16)18-7-5-17-6-8-18;;/h3-4,9,13-14,17H,5-8H2,1-2H3;2*1H/t13-;;/m1../s1. The molecule has 2 rings (SSSR count). The molecule has 0 bridgehead atoms. The fourth-order valence-electron chi connectivity index (χ4n) is 2.56. The highest BCUT2D eigenvalue weighted by molar-refractivity contribution is 5.85. The Bertz CT molecular complexity index is 429. The molecule has 1 aliphatic heterocycles. The minimum Gasteiger partial charge on any atom is -0.496 e. The molecule has 0 spiro atoms. The SMILES string of the molecule is COc1ccc([C@H](C(F)F)N2CCNCC2)cc1C.Cl.Cl. The first-order valence-corrected chi connectivity index (χ1v) is 6.51. The van der Waals surface area contributed by atoms with Crippen LogP contribution in [0.4, 0.5) is 8.78 Å². The zero-order valence-electron chi connectivity index (χ0n) is 12.1. The van der Waals surface area contributed by atoms with Crippen LogP contribution in [0.15, 0.2) is 18.2 Å². The fourth-order valence-corrected chi connectivity index (χ4v) is 2.56. The molecule has 1 atom stereocenters. The first-order chi connectivity index (χ1) is 9.13. The summed E-state index contributed by atoms with van der Waals surface area (Å²) >= 11 is 0. The van der Waals surface area contributed by atoms with Gasteiger partial charge in [0.1, 0.15) is 5.75 Å². The van der Waals surface area contributed by atoms with Gasteiger partial charge in [-0.25, -0.2) is 8.78 Å². The zero-order chi connectivity index (χ0) is 13.8. The summed E-state index contributed by atoms with van der Waals surface area (Å²) in [6, 6.07) is 4.48. The Hall–Kier alpha value is -0.620. The number of benzene rings is 1. The number of hydrogen-bond acceptors (Lipinski definition) is 3. The Kier molecular flexibility index (Phi) is 9.13. The Morgan fingerprint density at radius 3 is 2.29 bits per heavy atom. The molecule has 0 saturated carbocycles. The van der Waals surface area contributed by atoms with Gasteiger partial charge >= 0.3 is 0 Å². The second kappa shape index (κ2) is 9.41. The van der Waals surface area contributed by atoms with E-state index in [2.05, 4.69) is 5.32 Å². The Morgan fingerprint density at radius 2 is 1.81 bits per heavy atom. The normalized spacial score (nSPS) is 16.8. The minimum atomic E-state index is -2.38. The molecule has 122 valence electrons. The van der Waals surface area contributed by atoms with E-state index < -0.39 is 12.5 Å². The molecule has 21 heavy (non-hydrogen) atoms. The van der Waals surface area contributed by atoms with Crippen LogP contribution in [0.25, 0.3) is 0 Å². The van der Waals surface area contributed by atoms with Crippen molar-refractivity contribution in [2.45, 2.75) is 19.4 Å². The molecule has 1 N–H and O–H groups in total. The number of ether oxygens (including phenoxy) is 1. The van der Waals surface area contributed by atoms with E-state index >= 15 is 0 Å². The van der Waals surface area contributed by atoms with Crippen molar-refractivity contribution in [1.82, 2.24) is 10.2 Å². The van der Waals surface area contributed by atoms with Crippen LogP contribution in [0.3, 0.4) is 0 Å². The molecule has 1 aromatic carbocycles. The quantitative estimate of drug-likeness (QED) is 0.910. The highest BCUT2D eigenvalue weighted by Gasteiger charge is 2.30. The largest absolute Gasteiger partial charge is 0.496 e. The lowest BCUT2D eigenvalue weighted by atomic mass is 10.0. The van der Waals surface area contributed by atoms with Gasteiger partial charge in [-0.2, -0.15) is 0 Å². The zero-order valence-corrected chi connectivity index (χ0v) is 13.8. The molecule has 1 saturated heterocycles. The van der Waals surface area contributed by atoms with Crippen LogP contribution in [-0.2, 0) is 0 Å². The number of halogens is 4. The van der Waals surface area contributed by atoms with Crippen molar-refractivity contribution in [3.63, 3.8) is 0 Å². The van der Waals surface area contributed by atoms with Crippen LogP contribution in [0.1, 0.15) is 17.2 Å². The Morgan fingerprint density at radius 1 is 1.19 bits per heavy atom.